The number of hydrogen-bond donors (Lipinski definition) is 2. The van der Waals surface area contributed by atoms with Crippen LogP contribution >= 0.6 is 0 Å². The summed E-state index contributed by atoms with van der Waals surface area (Å²) in [7, 11) is -1.94. The highest BCUT2D eigenvalue weighted by Gasteiger charge is 2.37. The van der Waals surface area contributed by atoms with Gasteiger partial charge in [-0.3, -0.25) is 4.79 Å². The molecule has 0 bridgehead atoms. The van der Waals surface area contributed by atoms with Gasteiger partial charge in [-0.15, -0.1) is 10.2 Å². The molecular formula is C29H34F2N6O2Si. The van der Waals surface area contributed by atoms with E-state index >= 15 is 0 Å². The van der Waals surface area contributed by atoms with E-state index in [0.29, 0.717) is 29.5 Å². The number of aromatic nitrogens is 4. The number of amides is 1. The van der Waals surface area contributed by atoms with Gasteiger partial charge in [-0.05, 0) is 79.7 Å². The average Bonchev–Trinajstić information content (AvgIpc) is 3.39. The third-order valence-electron chi connectivity index (χ3n) is 7.10. The molecule has 0 aliphatic rings. The summed E-state index contributed by atoms with van der Waals surface area (Å²) in [4.78, 5) is 17.5. The van der Waals surface area contributed by atoms with Crippen LogP contribution in [-0.2, 0) is 4.43 Å². The van der Waals surface area contributed by atoms with Gasteiger partial charge in [-0.2, -0.15) is 0 Å². The van der Waals surface area contributed by atoms with E-state index in [4.69, 9.17) is 4.43 Å². The smallest absolute Gasteiger partial charge is 0.259 e. The van der Waals surface area contributed by atoms with Crippen LogP contribution in [0.4, 0.5) is 26.0 Å². The fraction of sp³-hybridized carbons (Fsp3) is 0.310. The summed E-state index contributed by atoms with van der Waals surface area (Å²) in [6, 6.07) is 14.9. The molecule has 2 heterocycles. The number of nitrogens with one attached hydrogen (secondary N) is 2. The molecule has 2 aromatic heterocycles. The number of nitrogens with zero attached hydrogens (tertiary/aromatic N) is 4. The summed E-state index contributed by atoms with van der Waals surface area (Å²) in [6.45, 7) is 13.5. The van der Waals surface area contributed by atoms with Crippen molar-refractivity contribution in [1.82, 2.24) is 19.7 Å². The van der Waals surface area contributed by atoms with Crippen LogP contribution in [0.2, 0.25) is 18.1 Å². The number of hydrogen-bond acceptors (Lipinski definition) is 6. The van der Waals surface area contributed by atoms with Crippen LogP contribution in [0.3, 0.4) is 0 Å². The first kappa shape index (κ1) is 29.0. The van der Waals surface area contributed by atoms with Crippen molar-refractivity contribution in [1.29, 1.82) is 0 Å². The molecule has 0 aliphatic carbocycles. The molecular weight excluding hydrogens is 530 g/mol. The van der Waals surface area contributed by atoms with Crippen molar-refractivity contribution >= 4 is 31.4 Å². The van der Waals surface area contributed by atoms with Gasteiger partial charge in [-0.25, -0.2) is 13.8 Å². The molecule has 0 spiro atoms. The molecule has 0 saturated heterocycles. The van der Waals surface area contributed by atoms with Crippen molar-refractivity contribution in [2.24, 2.45) is 0 Å². The number of benzene rings is 2. The number of anilines is 3. The van der Waals surface area contributed by atoms with E-state index in [0.717, 1.165) is 0 Å². The molecule has 0 radical (unpaired) electrons. The second kappa shape index (κ2) is 11.6. The molecule has 4 rings (SSSR count). The minimum Gasteiger partial charge on any atom is -0.415 e. The van der Waals surface area contributed by atoms with Crippen molar-refractivity contribution in [3.05, 3.63) is 84.2 Å². The maximum atomic E-state index is 14.6. The number of pyridine rings is 1. The lowest BCUT2D eigenvalue weighted by atomic mass is 10.1. The van der Waals surface area contributed by atoms with E-state index in [1.165, 1.54) is 30.3 Å². The number of halogens is 2. The lowest BCUT2D eigenvalue weighted by molar-refractivity contribution is 0.102. The molecule has 0 saturated carbocycles. The Morgan fingerprint density at radius 1 is 1.05 bits per heavy atom. The van der Waals surface area contributed by atoms with Gasteiger partial charge in [0.2, 0.25) is 0 Å². The Balaban J connectivity index is 1.49. The van der Waals surface area contributed by atoms with Crippen LogP contribution in [0.25, 0.3) is 11.5 Å². The molecule has 11 heteroatoms. The Kier molecular flexibility index (Phi) is 8.45. The van der Waals surface area contributed by atoms with E-state index in [-0.39, 0.29) is 28.3 Å². The molecule has 4 aromatic rings. The normalized spacial score (nSPS) is 12.7. The second-order valence-corrected chi connectivity index (χ2v) is 16.0. The van der Waals surface area contributed by atoms with Crippen LogP contribution in [0.1, 0.15) is 44.1 Å². The maximum absolute atomic E-state index is 14.6. The van der Waals surface area contributed by atoms with E-state index in [2.05, 4.69) is 59.7 Å². The topological polar surface area (TPSA) is 94.0 Å². The molecule has 2 aromatic carbocycles. The zero-order chi connectivity index (χ0) is 29.1. The lowest BCUT2D eigenvalue weighted by Crippen LogP contribution is -2.42. The third kappa shape index (κ3) is 6.78. The molecule has 0 fully saturated rings. The number of carbonyl (C=O) groups is 1. The van der Waals surface area contributed by atoms with Crippen LogP contribution in [0.5, 0.6) is 0 Å². The summed E-state index contributed by atoms with van der Waals surface area (Å²) in [5.41, 5.74) is 1.41. The Bertz CT molecular complexity index is 1480. The van der Waals surface area contributed by atoms with Gasteiger partial charge < -0.3 is 19.6 Å². The van der Waals surface area contributed by atoms with Crippen molar-refractivity contribution in [2.75, 3.05) is 17.2 Å². The molecule has 1 unspecified atom stereocenters. The minimum atomic E-state index is -1.94. The Hall–Kier alpha value is -3.96. The highest BCUT2D eigenvalue weighted by atomic mass is 28.4. The van der Waals surface area contributed by atoms with Gasteiger partial charge >= 0.3 is 0 Å². The number of rotatable bonds is 9. The second-order valence-electron chi connectivity index (χ2n) is 11.2. The van der Waals surface area contributed by atoms with E-state index in [9.17, 15) is 13.6 Å². The Morgan fingerprint density at radius 2 is 1.75 bits per heavy atom. The highest BCUT2D eigenvalue weighted by Crippen LogP contribution is 2.37. The standard InChI is InChI=1S/C29H34F2N6O2Si/c1-19(17-39-40(5,6)29(2,3)4)37-18-32-36-27(37)25-8-7-9-26(34-25)35-28(38)23-16-22(14-15-24(23)31)33-21-12-10-20(30)11-13-21/h7-16,18-19,33H,17H2,1-6H3,(H,34,35,38). The first-order valence-electron chi connectivity index (χ1n) is 13.0. The highest BCUT2D eigenvalue weighted by molar-refractivity contribution is 6.74. The Labute approximate surface area is 234 Å². The van der Waals surface area contributed by atoms with Gasteiger partial charge in [0.25, 0.3) is 5.91 Å². The molecule has 8 nitrogen and oxygen atoms in total. The summed E-state index contributed by atoms with van der Waals surface area (Å²) in [5, 5.41) is 14.1. The van der Waals surface area contributed by atoms with Gasteiger partial charge in [-0.1, -0.05) is 26.8 Å². The average molecular weight is 565 g/mol. The van der Waals surface area contributed by atoms with Crippen LogP contribution in [0, 0.1) is 11.6 Å². The molecule has 210 valence electrons. The first-order chi connectivity index (χ1) is 18.8. The van der Waals surface area contributed by atoms with Crippen molar-refractivity contribution in [3.8, 4) is 11.5 Å². The summed E-state index contributed by atoms with van der Waals surface area (Å²) in [6.07, 6.45) is 1.64. The molecule has 40 heavy (non-hydrogen) atoms. The zero-order valence-electron chi connectivity index (χ0n) is 23.5. The summed E-state index contributed by atoms with van der Waals surface area (Å²) < 4.78 is 36.1. The fourth-order valence-electron chi connectivity index (χ4n) is 3.66. The van der Waals surface area contributed by atoms with Crippen molar-refractivity contribution in [3.63, 3.8) is 0 Å². The van der Waals surface area contributed by atoms with Crippen LogP contribution in [0.15, 0.2) is 67.0 Å². The monoisotopic (exact) mass is 564 g/mol. The largest absolute Gasteiger partial charge is 0.415 e. The van der Waals surface area contributed by atoms with Gasteiger partial charge in [0.1, 0.15) is 29.5 Å². The minimum absolute atomic E-state index is 0.0513. The molecule has 2 N–H and O–H groups in total. The van der Waals surface area contributed by atoms with Crippen molar-refractivity contribution in [2.45, 2.75) is 51.9 Å². The molecule has 1 atom stereocenters. The third-order valence-corrected chi connectivity index (χ3v) is 11.6. The van der Waals surface area contributed by atoms with E-state index in [1.54, 1.807) is 36.7 Å². The van der Waals surface area contributed by atoms with Crippen molar-refractivity contribution < 1.29 is 18.0 Å². The van der Waals surface area contributed by atoms with E-state index < -0.39 is 20.0 Å². The quantitative estimate of drug-likeness (QED) is 0.209. The summed E-state index contributed by atoms with van der Waals surface area (Å²) >= 11 is 0. The zero-order valence-corrected chi connectivity index (χ0v) is 24.5. The SMILES string of the molecule is CC(CO[Si](C)(C)C(C)(C)C)n1cnnc1-c1cccc(NC(=O)c2cc(Nc3ccc(F)cc3)ccc2F)n1. The lowest BCUT2D eigenvalue weighted by Gasteiger charge is -2.37. The Morgan fingerprint density at radius 3 is 2.45 bits per heavy atom. The maximum Gasteiger partial charge on any atom is 0.259 e. The predicted octanol–water partition coefficient (Wildman–Crippen LogP) is 7.20. The summed E-state index contributed by atoms with van der Waals surface area (Å²) in [5.74, 6) is -0.958. The van der Waals surface area contributed by atoms with Gasteiger partial charge in [0.15, 0.2) is 14.1 Å². The predicted molar refractivity (Wildman–Crippen MR) is 155 cm³/mol. The van der Waals surface area contributed by atoms with Gasteiger partial charge in [0.05, 0.1) is 18.2 Å². The van der Waals surface area contributed by atoms with E-state index in [1.807, 2.05) is 11.5 Å². The van der Waals surface area contributed by atoms with Crippen LogP contribution < -0.4 is 10.6 Å². The van der Waals surface area contributed by atoms with Gasteiger partial charge in [0, 0.05) is 11.4 Å². The number of carbonyl (C=O) groups excluding carboxylic acids is 1. The molecule has 0 aliphatic heterocycles. The first-order valence-corrected chi connectivity index (χ1v) is 15.9. The fourth-order valence-corrected chi connectivity index (χ4v) is 4.75. The molecule has 1 amide bonds. The van der Waals surface area contributed by atoms with Crippen LogP contribution in [-0.4, -0.2) is 40.6 Å².